The van der Waals surface area contributed by atoms with Crippen LogP contribution in [0.1, 0.15) is 6.42 Å². The molecule has 0 spiro atoms. The minimum Gasteiger partial charge on any atom is -0.396 e. The van der Waals surface area contributed by atoms with Crippen molar-refractivity contribution in [1.29, 1.82) is 0 Å². The van der Waals surface area contributed by atoms with E-state index in [1.165, 1.54) is 0 Å². The summed E-state index contributed by atoms with van der Waals surface area (Å²) >= 11 is 6.80. The predicted octanol–water partition coefficient (Wildman–Crippen LogP) is 2.56. The van der Waals surface area contributed by atoms with Crippen molar-refractivity contribution in [2.45, 2.75) is 6.42 Å². The van der Waals surface area contributed by atoms with Gasteiger partial charge in [0.2, 0.25) is 5.91 Å². The molecule has 86 valence electrons. The fourth-order valence-electron chi connectivity index (χ4n) is 1.81. The van der Waals surface area contributed by atoms with Crippen LogP contribution in [0.5, 0.6) is 0 Å². The highest BCUT2D eigenvalue weighted by Crippen LogP contribution is 2.31. The molecular weight excluding hydrogens is 338 g/mol. The molecule has 1 unspecified atom stereocenters. The fraction of sp³-hybridized carbons (Fsp3) is 0.364. The van der Waals surface area contributed by atoms with Crippen molar-refractivity contribution in [1.82, 2.24) is 0 Å². The molecule has 1 aliphatic rings. The lowest BCUT2D eigenvalue weighted by molar-refractivity contribution is -0.117. The second-order valence-electron chi connectivity index (χ2n) is 3.86. The Morgan fingerprint density at radius 2 is 2.12 bits per heavy atom. The van der Waals surface area contributed by atoms with Gasteiger partial charge in [-0.25, -0.2) is 0 Å². The highest BCUT2D eigenvalue weighted by Gasteiger charge is 2.30. The van der Waals surface area contributed by atoms with Gasteiger partial charge in [-0.15, -0.1) is 0 Å². The molecule has 0 aromatic heterocycles. The van der Waals surface area contributed by atoms with Gasteiger partial charge in [0.1, 0.15) is 0 Å². The molecule has 0 saturated carbocycles. The number of carbonyl (C=O) groups is 1. The van der Waals surface area contributed by atoms with E-state index in [1.54, 1.807) is 4.90 Å². The summed E-state index contributed by atoms with van der Waals surface area (Å²) < 4.78 is 1.88. The Morgan fingerprint density at radius 3 is 2.69 bits per heavy atom. The zero-order chi connectivity index (χ0) is 11.7. The summed E-state index contributed by atoms with van der Waals surface area (Å²) in [5.74, 6) is 0.142. The topological polar surface area (TPSA) is 40.5 Å². The highest BCUT2D eigenvalue weighted by molar-refractivity contribution is 9.13. The van der Waals surface area contributed by atoms with Crippen LogP contribution in [0.2, 0.25) is 0 Å². The van der Waals surface area contributed by atoms with Crippen LogP contribution in [0.4, 0.5) is 5.69 Å². The van der Waals surface area contributed by atoms with Gasteiger partial charge in [0.05, 0.1) is 0 Å². The molecule has 1 saturated heterocycles. The Balaban J connectivity index is 2.24. The van der Waals surface area contributed by atoms with E-state index in [1.807, 2.05) is 18.2 Å². The van der Waals surface area contributed by atoms with Gasteiger partial charge in [0, 0.05) is 40.1 Å². The minimum absolute atomic E-state index is 0.0647. The van der Waals surface area contributed by atoms with E-state index >= 15 is 0 Å². The Hall–Kier alpha value is -0.390. The number of carbonyl (C=O) groups excluding carboxylic acids is 1. The van der Waals surface area contributed by atoms with Crippen molar-refractivity contribution < 1.29 is 9.90 Å². The molecule has 0 bridgehead atoms. The summed E-state index contributed by atoms with van der Waals surface area (Å²) in [5.41, 5.74) is 0.871. The van der Waals surface area contributed by atoms with Crippen LogP contribution < -0.4 is 4.90 Å². The first-order chi connectivity index (χ1) is 7.61. The van der Waals surface area contributed by atoms with E-state index in [0.29, 0.717) is 13.0 Å². The van der Waals surface area contributed by atoms with Gasteiger partial charge in [0.15, 0.2) is 0 Å². The average Bonchev–Trinajstić information content (AvgIpc) is 2.64. The monoisotopic (exact) mass is 347 g/mol. The minimum atomic E-state index is 0.0647. The summed E-state index contributed by atoms with van der Waals surface area (Å²) in [7, 11) is 0. The Labute approximate surface area is 111 Å². The van der Waals surface area contributed by atoms with Crippen LogP contribution in [0.25, 0.3) is 0 Å². The third kappa shape index (κ3) is 2.31. The number of hydrogen-bond acceptors (Lipinski definition) is 2. The number of halogens is 2. The van der Waals surface area contributed by atoms with Crippen molar-refractivity contribution in [3.05, 3.63) is 27.1 Å². The van der Waals surface area contributed by atoms with Crippen LogP contribution in [0, 0.1) is 5.92 Å². The van der Waals surface area contributed by atoms with Crippen LogP contribution in [0.3, 0.4) is 0 Å². The summed E-state index contributed by atoms with van der Waals surface area (Å²) in [4.78, 5) is 13.4. The summed E-state index contributed by atoms with van der Waals surface area (Å²) in [6.07, 6.45) is 0.435. The maximum atomic E-state index is 11.7. The molecule has 1 N–H and O–H groups in total. The molecule has 1 atom stereocenters. The molecule has 5 heteroatoms. The number of amides is 1. The maximum absolute atomic E-state index is 11.7. The van der Waals surface area contributed by atoms with Crippen molar-refractivity contribution in [2.24, 2.45) is 5.92 Å². The lowest BCUT2D eigenvalue weighted by Crippen LogP contribution is -2.24. The largest absolute Gasteiger partial charge is 0.396 e. The van der Waals surface area contributed by atoms with Crippen LogP contribution in [-0.4, -0.2) is 24.2 Å². The molecule has 1 fully saturated rings. The Bertz CT molecular complexity index is 422. The average molecular weight is 349 g/mol. The maximum Gasteiger partial charge on any atom is 0.227 e. The van der Waals surface area contributed by atoms with Gasteiger partial charge in [0.25, 0.3) is 0 Å². The number of nitrogens with zero attached hydrogens (tertiary/aromatic N) is 1. The van der Waals surface area contributed by atoms with E-state index in [4.69, 9.17) is 5.11 Å². The van der Waals surface area contributed by atoms with Gasteiger partial charge in [-0.1, -0.05) is 0 Å². The zero-order valence-electron chi connectivity index (χ0n) is 8.49. The van der Waals surface area contributed by atoms with Crippen LogP contribution >= 0.6 is 31.9 Å². The smallest absolute Gasteiger partial charge is 0.227 e. The molecule has 1 aromatic carbocycles. The van der Waals surface area contributed by atoms with Crippen molar-refractivity contribution in [2.75, 3.05) is 18.1 Å². The molecule has 1 aliphatic heterocycles. The molecule has 1 amide bonds. The predicted molar refractivity (Wildman–Crippen MR) is 69.4 cm³/mol. The third-order valence-corrected chi connectivity index (χ3v) is 4.56. The van der Waals surface area contributed by atoms with Gasteiger partial charge >= 0.3 is 0 Å². The second-order valence-corrected chi connectivity index (χ2v) is 5.56. The third-order valence-electron chi connectivity index (χ3n) is 2.68. The number of rotatable bonds is 2. The number of anilines is 1. The van der Waals surface area contributed by atoms with E-state index in [9.17, 15) is 4.79 Å². The van der Waals surface area contributed by atoms with Gasteiger partial charge in [-0.05, 0) is 50.1 Å². The number of hydrogen-bond donors (Lipinski definition) is 1. The Morgan fingerprint density at radius 1 is 1.38 bits per heavy atom. The highest BCUT2D eigenvalue weighted by atomic mass is 79.9. The summed E-state index contributed by atoms with van der Waals surface area (Å²) in [5, 5.41) is 9.05. The zero-order valence-corrected chi connectivity index (χ0v) is 11.7. The lowest BCUT2D eigenvalue weighted by atomic mass is 10.1. The van der Waals surface area contributed by atoms with E-state index < -0.39 is 0 Å². The molecular formula is C11H11Br2NO2. The van der Waals surface area contributed by atoms with Crippen LogP contribution in [0.15, 0.2) is 27.1 Å². The van der Waals surface area contributed by atoms with Gasteiger partial charge in [-0.3, -0.25) is 4.79 Å². The summed E-state index contributed by atoms with van der Waals surface area (Å²) in [6.45, 7) is 0.670. The van der Waals surface area contributed by atoms with Gasteiger partial charge < -0.3 is 10.0 Å². The SMILES string of the molecule is O=C1CC(CO)CN1c1ccc(Br)c(Br)c1. The Kier molecular flexibility index (Phi) is 3.66. The summed E-state index contributed by atoms with van der Waals surface area (Å²) in [6, 6.07) is 5.70. The molecule has 16 heavy (non-hydrogen) atoms. The number of aliphatic hydroxyl groups excluding tert-OH is 1. The molecule has 2 rings (SSSR count). The van der Waals surface area contributed by atoms with Crippen molar-refractivity contribution in [3.63, 3.8) is 0 Å². The van der Waals surface area contributed by atoms with E-state index in [2.05, 4.69) is 31.9 Å². The second kappa shape index (κ2) is 4.85. The molecule has 1 heterocycles. The lowest BCUT2D eigenvalue weighted by Gasteiger charge is -2.17. The first-order valence-electron chi connectivity index (χ1n) is 4.98. The molecule has 1 aromatic rings. The standard InChI is InChI=1S/C11H11Br2NO2/c12-9-2-1-8(4-10(9)13)14-5-7(6-15)3-11(14)16/h1-2,4,7,15H,3,5-6H2. The van der Waals surface area contributed by atoms with E-state index in [0.717, 1.165) is 14.6 Å². The molecule has 0 radical (unpaired) electrons. The number of benzene rings is 1. The quantitative estimate of drug-likeness (QED) is 0.892. The first kappa shape index (κ1) is 12.1. The normalized spacial score (nSPS) is 20.6. The molecule has 0 aliphatic carbocycles. The van der Waals surface area contributed by atoms with Crippen molar-refractivity contribution in [3.8, 4) is 0 Å². The van der Waals surface area contributed by atoms with Gasteiger partial charge in [-0.2, -0.15) is 0 Å². The number of aliphatic hydroxyl groups is 1. The van der Waals surface area contributed by atoms with E-state index in [-0.39, 0.29) is 18.4 Å². The fourth-order valence-corrected chi connectivity index (χ4v) is 2.42. The molecule has 3 nitrogen and oxygen atoms in total. The van der Waals surface area contributed by atoms with Crippen LogP contribution in [-0.2, 0) is 4.79 Å². The van der Waals surface area contributed by atoms with Crippen molar-refractivity contribution >= 4 is 43.5 Å². The first-order valence-corrected chi connectivity index (χ1v) is 6.56.